The summed E-state index contributed by atoms with van der Waals surface area (Å²) in [6, 6.07) is 0.468. The van der Waals surface area contributed by atoms with Crippen LogP contribution in [0.25, 0.3) is 0 Å². The summed E-state index contributed by atoms with van der Waals surface area (Å²) in [7, 11) is 1.85. The van der Waals surface area contributed by atoms with Gasteiger partial charge in [0.05, 0.1) is 0 Å². The van der Waals surface area contributed by atoms with Crippen LogP contribution in [-0.2, 0) is 0 Å². The Morgan fingerprint density at radius 2 is 1.91 bits per heavy atom. The zero-order valence-electron chi connectivity index (χ0n) is 7.96. The summed E-state index contributed by atoms with van der Waals surface area (Å²) in [5.41, 5.74) is 0. The van der Waals surface area contributed by atoms with Gasteiger partial charge in [-0.3, -0.25) is 0 Å². The van der Waals surface area contributed by atoms with Crippen LogP contribution in [-0.4, -0.2) is 18.0 Å². The molecule has 2 nitrogen and oxygen atoms in total. The maximum Gasteiger partial charge on any atom is 0.179 e. The molecule has 0 aromatic rings. The third kappa shape index (κ3) is 3.27. The maximum absolute atomic E-state index is 8.46. The van der Waals surface area contributed by atoms with Crippen molar-refractivity contribution in [1.82, 2.24) is 4.90 Å². The molecule has 0 aliphatic heterocycles. The summed E-state index contributed by atoms with van der Waals surface area (Å²) < 4.78 is 0. The Morgan fingerprint density at radius 1 is 1.45 bits per heavy atom. The first-order valence-electron chi connectivity index (χ1n) is 4.38. The number of hydrogen-bond donors (Lipinski definition) is 0. The van der Waals surface area contributed by atoms with Crippen LogP contribution in [0.15, 0.2) is 0 Å². The number of nitrogens with zero attached hydrogens (tertiary/aromatic N) is 2. The van der Waals surface area contributed by atoms with Crippen LogP contribution >= 0.6 is 0 Å². The molecule has 0 saturated heterocycles. The molecule has 1 saturated carbocycles. The number of rotatable bonds is 2. The summed E-state index contributed by atoms with van der Waals surface area (Å²) in [5, 5.41) is 8.46. The summed E-state index contributed by atoms with van der Waals surface area (Å²) in [4.78, 5) is 1.73. The van der Waals surface area contributed by atoms with Crippen molar-refractivity contribution in [2.75, 3.05) is 7.05 Å². The van der Waals surface area contributed by atoms with Gasteiger partial charge < -0.3 is 4.90 Å². The van der Waals surface area contributed by atoms with Crippen LogP contribution in [0.4, 0.5) is 0 Å². The second-order valence-corrected chi connectivity index (χ2v) is 2.79. The van der Waals surface area contributed by atoms with Crippen LogP contribution in [0.2, 0.25) is 0 Å². The molecule has 0 radical (unpaired) electrons. The lowest BCUT2D eigenvalue weighted by Crippen LogP contribution is -2.25. The molecule has 64 valence electrons. The second kappa shape index (κ2) is 5.01. The minimum absolute atomic E-state index is 0.468. The van der Waals surface area contributed by atoms with E-state index in [0.717, 1.165) is 5.92 Å². The lowest BCUT2D eigenvalue weighted by Gasteiger charge is -2.16. The molecule has 0 spiro atoms. The van der Waals surface area contributed by atoms with Crippen molar-refractivity contribution in [3.05, 3.63) is 0 Å². The molecule has 0 N–H and O–H groups in total. The highest BCUT2D eigenvalue weighted by Crippen LogP contribution is 2.34. The van der Waals surface area contributed by atoms with Crippen molar-refractivity contribution in [3.63, 3.8) is 0 Å². The molecule has 0 amide bonds. The monoisotopic (exact) mass is 154 g/mol. The summed E-state index contributed by atoms with van der Waals surface area (Å²) in [6.45, 7) is 6.11. The molecule has 1 unspecified atom stereocenters. The Balaban J connectivity index is 0.000000461. The highest BCUT2D eigenvalue weighted by atomic mass is 15.1. The van der Waals surface area contributed by atoms with Gasteiger partial charge in [0.25, 0.3) is 0 Å². The zero-order valence-corrected chi connectivity index (χ0v) is 7.96. The topological polar surface area (TPSA) is 27.0 Å². The second-order valence-electron chi connectivity index (χ2n) is 2.79. The van der Waals surface area contributed by atoms with Gasteiger partial charge >= 0.3 is 0 Å². The first kappa shape index (κ1) is 10.3. The molecule has 0 aromatic heterocycles. The van der Waals surface area contributed by atoms with E-state index in [2.05, 4.69) is 13.1 Å². The quantitative estimate of drug-likeness (QED) is 0.450. The van der Waals surface area contributed by atoms with E-state index in [1.165, 1.54) is 12.8 Å². The minimum Gasteiger partial charge on any atom is -0.311 e. The molecule has 11 heavy (non-hydrogen) atoms. The highest BCUT2D eigenvalue weighted by Gasteiger charge is 2.29. The van der Waals surface area contributed by atoms with Crippen LogP contribution in [0.1, 0.15) is 33.6 Å². The molecule has 1 rings (SSSR count). The minimum atomic E-state index is 0.468. The van der Waals surface area contributed by atoms with E-state index >= 15 is 0 Å². The molecule has 1 aliphatic rings. The van der Waals surface area contributed by atoms with Crippen molar-refractivity contribution in [2.24, 2.45) is 5.92 Å². The van der Waals surface area contributed by atoms with Crippen LogP contribution in [0.5, 0.6) is 0 Å². The van der Waals surface area contributed by atoms with Crippen LogP contribution in [0, 0.1) is 17.4 Å². The van der Waals surface area contributed by atoms with E-state index in [1.807, 2.05) is 20.9 Å². The molecule has 1 fully saturated rings. The third-order valence-corrected chi connectivity index (χ3v) is 2.07. The first-order valence-corrected chi connectivity index (χ1v) is 4.38. The summed E-state index contributed by atoms with van der Waals surface area (Å²) in [5.74, 6) is 0.801. The van der Waals surface area contributed by atoms with Crippen molar-refractivity contribution < 1.29 is 0 Å². The van der Waals surface area contributed by atoms with Crippen molar-refractivity contribution in [2.45, 2.75) is 39.7 Å². The number of hydrogen-bond acceptors (Lipinski definition) is 2. The third-order valence-electron chi connectivity index (χ3n) is 2.07. The van der Waals surface area contributed by atoms with Gasteiger partial charge in [0.15, 0.2) is 6.19 Å². The predicted molar refractivity (Wildman–Crippen MR) is 46.9 cm³/mol. The van der Waals surface area contributed by atoms with Crippen LogP contribution in [0.3, 0.4) is 0 Å². The molecule has 1 atom stereocenters. The summed E-state index contributed by atoms with van der Waals surface area (Å²) >= 11 is 0. The molecule has 1 aliphatic carbocycles. The SMILES string of the molecule is CC.CC(C1CC1)N(C)C#N. The normalized spacial score (nSPS) is 17.4. The van der Waals surface area contributed by atoms with Crippen LogP contribution < -0.4 is 0 Å². The molecule has 0 aromatic carbocycles. The average molecular weight is 154 g/mol. The van der Waals surface area contributed by atoms with Gasteiger partial charge in [-0.15, -0.1) is 0 Å². The molecule has 0 heterocycles. The fourth-order valence-electron chi connectivity index (χ4n) is 0.986. The Bertz CT molecular complexity index is 133. The van der Waals surface area contributed by atoms with E-state index in [-0.39, 0.29) is 0 Å². The Morgan fingerprint density at radius 3 is 2.18 bits per heavy atom. The predicted octanol–water partition coefficient (Wildman–Crippen LogP) is 2.22. The van der Waals surface area contributed by atoms with E-state index < -0.39 is 0 Å². The fraction of sp³-hybridized carbons (Fsp3) is 0.889. The smallest absolute Gasteiger partial charge is 0.179 e. The molecule has 0 bridgehead atoms. The lowest BCUT2D eigenvalue weighted by molar-refractivity contribution is 0.332. The van der Waals surface area contributed by atoms with E-state index in [9.17, 15) is 0 Å². The lowest BCUT2D eigenvalue weighted by atomic mass is 10.2. The fourth-order valence-corrected chi connectivity index (χ4v) is 0.986. The van der Waals surface area contributed by atoms with Gasteiger partial charge in [-0.1, -0.05) is 13.8 Å². The van der Waals surface area contributed by atoms with Gasteiger partial charge in [0.2, 0.25) is 0 Å². The van der Waals surface area contributed by atoms with Gasteiger partial charge in [0, 0.05) is 13.1 Å². The van der Waals surface area contributed by atoms with Gasteiger partial charge in [-0.25, -0.2) is 0 Å². The maximum atomic E-state index is 8.46. The van der Waals surface area contributed by atoms with Crippen molar-refractivity contribution in [3.8, 4) is 6.19 Å². The van der Waals surface area contributed by atoms with Gasteiger partial charge in [-0.2, -0.15) is 5.26 Å². The first-order chi connectivity index (χ1) is 5.25. The number of nitriles is 1. The standard InChI is InChI=1S/C7H12N2.C2H6/c1-6(7-3-4-7)9(2)5-8;1-2/h6-7H,3-4H2,1-2H3;1-2H3. The average Bonchev–Trinajstić information content (AvgIpc) is 2.88. The highest BCUT2D eigenvalue weighted by molar-refractivity contribution is 4.88. The van der Waals surface area contributed by atoms with Crippen molar-refractivity contribution >= 4 is 0 Å². The van der Waals surface area contributed by atoms with Gasteiger partial charge in [0.1, 0.15) is 0 Å². The largest absolute Gasteiger partial charge is 0.311 e. The van der Waals surface area contributed by atoms with Crippen molar-refractivity contribution in [1.29, 1.82) is 5.26 Å². The molecular formula is C9H18N2. The Kier molecular flexibility index (Phi) is 4.69. The molecule has 2 heteroatoms. The Labute approximate surface area is 69.8 Å². The Hall–Kier alpha value is -0.710. The molecular weight excluding hydrogens is 136 g/mol. The van der Waals surface area contributed by atoms with E-state index in [1.54, 1.807) is 4.90 Å². The van der Waals surface area contributed by atoms with E-state index in [0.29, 0.717) is 6.04 Å². The van der Waals surface area contributed by atoms with E-state index in [4.69, 9.17) is 5.26 Å². The summed E-state index contributed by atoms with van der Waals surface area (Å²) in [6.07, 6.45) is 4.74. The zero-order chi connectivity index (χ0) is 8.85. The van der Waals surface area contributed by atoms with Gasteiger partial charge in [-0.05, 0) is 25.7 Å².